The van der Waals surface area contributed by atoms with Gasteiger partial charge in [0.15, 0.2) is 11.5 Å². The molecule has 0 spiro atoms. The summed E-state index contributed by atoms with van der Waals surface area (Å²) in [5, 5.41) is 4.60. The summed E-state index contributed by atoms with van der Waals surface area (Å²) in [6.07, 6.45) is 1.46. The average molecular weight is 578 g/mol. The fourth-order valence-corrected chi connectivity index (χ4v) is 5.53. The lowest BCUT2D eigenvalue weighted by atomic mass is 10.1. The summed E-state index contributed by atoms with van der Waals surface area (Å²) in [4.78, 5) is 13.4. The Morgan fingerprint density at radius 1 is 0.925 bits per heavy atom. The smallest absolute Gasteiger partial charge is 0.273 e. The Labute approximate surface area is 238 Å². The first-order valence-electron chi connectivity index (χ1n) is 12.2. The van der Waals surface area contributed by atoms with Gasteiger partial charge in [0.2, 0.25) is 0 Å². The van der Waals surface area contributed by atoms with E-state index in [4.69, 9.17) is 21.1 Å². The quantitative estimate of drug-likeness (QED) is 0.189. The summed E-state index contributed by atoms with van der Waals surface area (Å²) in [6.45, 7) is 1.86. The highest BCUT2D eigenvalue weighted by molar-refractivity contribution is 7.92. The maximum Gasteiger partial charge on any atom is 0.273 e. The zero-order chi connectivity index (χ0) is 28.7. The molecule has 206 valence electrons. The molecule has 4 aromatic rings. The topological polar surface area (TPSA) is 97.3 Å². The molecule has 0 heterocycles. The Bertz CT molecular complexity index is 1620. The van der Waals surface area contributed by atoms with Gasteiger partial charge in [-0.3, -0.25) is 9.10 Å². The minimum Gasteiger partial charge on any atom is -0.493 e. The van der Waals surface area contributed by atoms with Crippen LogP contribution in [0.4, 0.5) is 5.69 Å². The van der Waals surface area contributed by atoms with E-state index in [0.717, 1.165) is 5.56 Å². The molecule has 0 aliphatic rings. The summed E-state index contributed by atoms with van der Waals surface area (Å²) < 4.78 is 39.6. The van der Waals surface area contributed by atoms with Crippen molar-refractivity contribution in [2.45, 2.75) is 18.4 Å². The number of nitrogens with zero attached hydrogens (tertiary/aromatic N) is 2. The van der Waals surface area contributed by atoms with Gasteiger partial charge in [-0.25, -0.2) is 13.8 Å². The molecule has 0 aliphatic carbocycles. The number of para-hydroxylation sites is 1. The van der Waals surface area contributed by atoms with Gasteiger partial charge in [-0.05, 0) is 72.6 Å². The van der Waals surface area contributed by atoms with Gasteiger partial charge in [-0.15, -0.1) is 0 Å². The molecule has 0 fully saturated rings. The first-order valence-corrected chi connectivity index (χ1v) is 14.0. The van der Waals surface area contributed by atoms with Gasteiger partial charge >= 0.3 is 0 Å². The Hall–Kier alpha value is -4.34. The molecular formula is C30H28ClN3O5S. The number of anilines is 1. The number of benzene rings is 4. The van der Waals surface area contributed by atoms with Crippen LogP contribution in [0.3, 0.4) is 0 Å². The van der Waals surface area contributed by atoms with E-state index in [1.54, 1.807) is 98.1 Å². The van der Waals surface area contributed by atoms with Gasteiger partial charge in [0.1, 0.15) is 0 Å². The van der Waals surface area contributed by atoms with Crippen LogP contribution in [0, 0.1) is 6.92 Å². The fraction of sp³-hybridized carbons (Fsp3) is 0.133. The summed E-state index contributed by atoms with van der Waals surface area (Å²) in [5.41, 5.74) is 5.13. The molecule has 40 heavy (non-hydrogen) atoms. The number of hydrazone groups is 1. The second-order valence-corrected chi connectivity index (χ2v) is 11.1. The summed E-state index contributed by atoms with van der Waals surface area (Å²) in [6, 6.07) is 25.1. The minimum atomic E-state index is -4.06. The Kier molecular flexibility index (Phi) is 9.08. The molecule has 1 N–H and O–H groups in total. The van der Waals surface area contributed by atoms with Gasteiger partial charge in [-0.1, -0.05) is 53.6 Å². The molecule has 4 rings (SSSR count). The highest BCUT2D eigenvalue weighted by Gasteiger charge is 2.28. The molecule has 8 nitrogen and oxygen atoms in total. The van der Waals surface area contributed by atoms with Gasteiger partial charge in [0, 0.05) is 5.02 Å². The number of nitrogens with one attached hydrogen (secondary N) is 1. The lowest BCUT2D eigenvalue weighted by molar-refractivity contribution is 0.0955. The van der Waals surface area contributed by atoms with Crippen LogP contribution in [0.15, 0.2) is 101 Å². The molecule has 0 unspecified atom stereocenters. The van der Waals surface area contributed by atoms with Crippen molar-refractivity contribution in [1.82, 2.24) is 5.43 Å². The van der Waals surface area contributed by atoms with Crippen molar-refractivity contribution in [2.24, 2.45) is 5.10 Å². The van der Waals surface area contributed by atoms with Gasteiger partial charge in [0.25, 0.3) is 15.9 Å². The van der Waals surface area contributed by atoms with E-state index < -0.39 is 15.9 Å². The predicted octanol–water partition coefficient (Wildman–Crippen LogP) is 5.83. The molecule has 0 saturated heterocycles. The highest BCUT2D eigenvalue weighted by atomic mass is 35.5. The standard InChI is InChI=1S/C30H28ClN3O5S/c1-21-8-15-25(16-9-21)40(36,37)34(20-22-10-13-24(31)14-11-22)27-7-5-4-6-26(27)30(35)33-32-19-23-12-17-28(38-2)29(18-23)39-3/h4-19H,20H2,1-3H3,(H,33,35)/b32-19+. The van der Waals surface area contributed by atoms with E-state index in [2.05, 4.69) is 10.5 Å². The number of methoxy groups -OCH3 is 2. The van der Waals surface area contributed by atoms with Crippen LogP contribution in [0.2, 0.25) is 5.02 Å². The Balaban J connectivity index is 1.68. The maximum atomic E-state index is 13.9. The lowest BCUT2D eigenvalue weighted by Gasteiger charge is -2.26. The van der Waals surface area contributed by atoms with E-state index in [0.29, 0.717) is 27.6 Å². The number of rotatable bonds is 10. The number of aryl methyl sites for hydroxylation is 1. The van der Waals surface area contributed by atoms with Crippen molar-refractivity contribution in [3.8, 4) is 11.5 Å². The fourth-order valence-electron chi connectivity index (χ4n) is 3.93. The number of carbonyl (C=O) groups excluding carboxylic acids is 1. The molecule has 1 amide bonds. The number of sulfonamides is 1. The SMILES string of the molecule is COc1ccc(/C=N/NC(=O)c2ccccc2N(Cc2ccc(Cl)cc2)S(=O)(=O)c2ccc(C)cc2)cc1OC. The summed E-state index contributed by atoms with van der Waals surface area (Å²) in [5.74, 6) is 0.503. The van der Waals surface area contributed by atoms with E-state index in [1.807, 2.05) is 6.92 Å². The molecular weight excluding hydrogens is 550 g/mol. The molecule has 0 aromatic heterocycles. The van der Waals surface area contributed by atoms with Crippen molar-refractivity contribution in [2.75, 3.05) is 18.5 Å². The van der Waals surface area contributed by atoms with E-state index >= 15 is 0 Å². The monoisotopic (exact) mass is 577 g/mol. The minimum absolute atomic E-state index is 0.0212. The molecule has 0 aliphatic heterocycles. The second kappa shape index (κ2) is 12.7. The third-order valence-electron chi connectivity index (χ3n) is 6.05. The van der Waals surface area contributed by atoms with Crippen LogP contribution in [-0.4, -0.2) is 34.8 Å². The normalized spacial score (nSPS) is 11.3. The summed E-state index contributed by atoms with van der Waals surface area (Å²) >= 11 is 6.05. The van der Waals surface area contributed by atoms with Crippen molar-refractivity contribution in [3.05, 3.63) is 118 Å². The number of ether oxygens (including phenoxy) is 2. The van der Waals surface area contributed by atoms with E-state index in [1.165, 1.54) is 17.6 Å². The zero-order valence-electron chi connectivity index (χ0n) is 22.2. The molecule has 0 bridgehead atoms. The van der Waals surface area contributed by atoms with Crippen molar-refractivity contribution < 1.29 is 22.7 Å². The van der Waals surface area contributed by atoms with Crippen molar-refractivity contribution >= 4 is 39.4 Å². The number of carbonyl (C=O) groups is 1. The summed E-state index contributed by atoms with van der Waals surface area (Å²) in [7, 11) is -0.991. The Morgan fingerprint density at radius 2 is 1.60 bits per heavy atom. The predicted molar refractivity (Wildman–Crippen MR) is 157 cm³/mol. The van der Waals surface area contributed by atoms with Crippen molar-refractivity contribution in [1.29, 1.82) is 0 Å². The molecule has 0 saturated carbocycles. The van der Waals surface area contributed by atoms with Crippen molar-refractivity contribution in [3.63, 3.8) is 0 Å². The third-order valence-corrected chi connectivity index (χ3v) is 8.08. The molecule has 0 atom stereocenters. The number of hydrogen-bond donors (Lipinski definition) is 1. The van der Waals surface area contributed by atoms with E-state index in [9.17, 15) is 13.2 Å². The maximum absolute atomic E-state index is 13.9. The van der Waals surface area contributed by atoms with Gasteiger partial charge < -0.3 is 9.47 Å². The van der Waals surface area contributed by atoms with Crippen LogP contribution in [0.25, 0.3) is 0 Å². The molecule has 10 heteroatoms. The van der Waals surface area contributed by atoms with Gasteiger partial charge in [0.05, 0.1) is 43.1 Å². The van der Waals surface area contributed by atoms with Crippen LogP contribution in [0.1, 0.15) is 27.0 Å². The van der Waals surface area contributed by atoms with E-state index in [-0.39, 0.29) is 22.7 Å². The number of hydrogen-bond acceptors (Lipinski definition) is 6. The number of amides is 1. The van der Waals surface area contributed by atoms with Crippen LogP contribution < -0.4 is 19.2 Å². The Morgan fingerprint density at radius 3 is 2.27 bits per heavy atom. The van der Waals surface area contributed by atoms with Crippen LogP contribution in [0.5, 0.6) is 11.5 Å². The molecule has 4 aromatic carbocycles. The van der Waals surface area contributed by atoms with Crippen LogP contribution >= 0.6 is 11.6 Å². The lowest BCUT2D eigenvalue weighted by Crippen LogP contribution is -2.33. The highest BCUT2D eigenvalue weighted by Crippen LogP contribution is 2.30. The largest absolute Gasteiger partial charge is 0.493 e. The first-order chi connectivity index (χ1) is 19.2. The second-order valence-electron chi connectivity index (χ2n) is 8.78. The average Bonchev–Trinajstić information content (AvgIpc) is 2.96. The third kappa shape index (κ3) is 6.62. The van der Waals surface area contributed by atoms with Crippen LogP contribution in [-0.2, 0) is 16.6 Å². The van der Waals surface area contributed by atoms with Gasteiger partial charge in [-0.2, -0.15) is 5.10 Å². The molecule has 0 radical (unpaired) electrons. The zero-order valence-corrected chi connectivity index (χ0v) is 23.7. The number of halogens is 1. The first kappa shape index (κ1) is 28.7.